The monoisotopic (exact) mass is 294 g/mol. The lowest BCUT2D eigenvalue weighted by atomic mass is 10.1. The third-order valence-electron chi connectivity index (χ3n) is 3.42. The van der Waals surface area contributed by atoms with Crippen LogP contribution in [0.25, 0.3) is 0 Å². The summed E-state index contributed by atoms with van der Waals surface area (Å²) in [5.41, 5.74) is 0.204. The summed E-state index contributed by atoms with van der Waals surface area (Å²) in [6.45, 7) is 0. The van der Waals surface area contributed by atoms with E-state index in [1.54, 1.807) is 6.07 Å². The van der Waals surface area contributed by atoms with E-state index in [-0.39, 0.29) is 11.3 Å². The van der Waals surface area contributed by atoms with Crippen molar-refractivity contribution >= 4 is 11.8 Å². The molecule has 114 valence electrons. The van der Waals surface area contributed by atoms with Gasteiger partial charge in [-0.3, -0.25) is 4.79 Å². The van der Waals surface area contributed by atoms with Gasteiger partial charge in [0.2, 0.25) is 0 Å². The number of esters is 1. The number of hydrogen-bond donors (Lipinski definition) is 0. The van der Waals surface area contributed by atoms with Gasteiger partial charge in [-0.15, -0.1) is 0 Å². The topological polar surface area (TPSA) is 71.1 Å². The summed E-state index contributed by atoms with van der Waals surface area (Å²) in [5, 5.41) is 0. The van der Waals surface area contributed by atoms with Crippen LogP contribution in [0.4, 0.5) is 0 Å². The van der Waals surface area contributed by atoms with E-state index in [4.69, 9.17) is 18.9 Å². The molecule has 1 saturated carbocycles. The van der Waals surface area contributed by atoms with E-state index in [9.17, 15) is 9.59 Å². The van der Waals surface area contributed by atoms with Gasteiger partial charge in [0, 0.05) is 18.6 Å². The first kappa shape index (κ1) is 15.2. The molecule has 1 aromatic carbocycles. The Morgan fingerprint density at radius 2 is 1.67 bits per heavy atom. The maximum Gasteiger partial charge on any atom is 0.342 e. The summed E-state index contributed by atoms with van der Waals surface area (Å²) in [4.78, 5) is 23.8. The number of hydrogen-bond acceptors (Lipinski definition) is 6. The molecular weight excluding hydrogens is 276 g/mol. The zero-order chi connectivity index (χ0) is 15.4. The van der Waals surface area contributed by atoms with Crippen molar-refractivity contribution in [2.24, 2.45) is 0 Å². The van der Waals surface area contributed by atoms with Crippen molar-refractivity contribution in [1.29, 1.82) is 0 Å². The number of rotatable bonds is 5. The number of ketones is 1. The predicted molar refractivity (Wildman–Crippen MR) is 74.2 cm³/mol. The summed E-state index contributed by atoms with van der Waals surface area (Å²) in [6.07, 6.45) is 1.12. The lowest BCUT2D eigenvalue weighted by Gasteiger charge is -2.15. The number of carbonyl (C=O) groups excluding carboxylic acids is 2. The average Bonchev–Trinajstić information content (AvgIpc) is 2.90. The highest BCUT2D eigenvalue weighted by Gasteiger charge is 2.29. The Bertz CT molecular complexity index is 551. The second-order valence-corrected chi connectivity index (χ2v) is 4.66. The molecule has 0 heterocycles. The van der Waals surface area contributed by atoms with Gasteiger partial charge in [0.1, 0.15) is 11.3 Å². The Labute approximate surface area is 122 Å². The molecule has 0 N–H and O–H groups in total. The van der Waals surface area contributed by atoms with Crippen molar-refractivity contribution in [2.45, 2.75) is 25.4 Å². The molecule has 1 aliphatic carbocycles. The minimum atomic E-state index is -0.657. The first-order valence-corrected chi connectivity index (χ1v) is 6.64. The molecule has 0 aromatic heterocycles. The fraction of sp³-hybridized carbons (Fsp3) is 0.467. The van der Waals surface area contributed by atoms with E-state index >= 15 is 0 Å². The highest BCUT2D eigenvalue weighted by Crippen LogP contribution is 2.35. The van der Waals surface area contributed by atoms with E-state index in [1.165, 1.54) is 27.4 Å². The van der Waals surface area contributed by atoms with Gasteiger partial charge in [0.05, 0.1) is 21.3 Å². The van der Waals surface area contributed by atoms with Crippen LogP contribution in [-0.2, 0) is 9.53 Å². The summed E-state index contributed by atoms with van der Waals surface area (Å²) < 4.78 is 20.8. The lowest BCUT2D eigenvalue weighted by Crippen LogP contribution is -2.22. The smallest absolute Gasteiger partial charge is 0.342 e. The first-order chi connectivity index (χ1) is 10.1. The molecule has 0 aliphatic heterocycles. The Hall–Kier alpha value is -2.24. The summed E-state index contributed by atoms with van der Waals surface area (Å²) in [6, 6.07) is 3.03. The largest absolute Gasteiger partial charge is 0.496 e. The molecule has 21 heavy (non-hydrogen) atoms. The van der Waals surface area contributed by atoms with Crippen LogP contribution in [0.15, 0.2) is 12.1 Å². The van der Waals surface area contributed by atoms with Crippen LogP contribution in [0.2, 0.25) is 0 Å². The van der Waals surface area contributed by atoms with Crippen LogP contribution < -0.4 is 14.2 Å². The average molecular weight is 294 g/mol. The number of carbonyl (C=O) groups is 2. The molecule has 1 fully saturated rings. The van der Waals surface area contributed by atoms with E-state index in [0.717, 1.165) is 6.42 Å². The Morgan fingerprint density at radius 1 is 1.05 bits per heavy atom. The molecule has 6 nitrogen and oxygen atoms in total. The second-order valence-electron chi connectivity index (χ2n) is 4.66. The maximum absolute atomic E-state index is 12.2. The zero-order valence-electron chi connectivity index (χ0n) is 12.3. The fourth-order valence-corrected chi connectivity index (χ4v) is 2.29. The number of ether oxygens (including phenoxy) is 4. The van der Waals surface area contributed by atoms with E-state index in [2.05, 4.69) is 0 Å². The van der Waals surface area contributed by atoms with Gasteiger partial charge in [-0.1, -0.05) is 0 Å². The van der Waals surface area contributed by atoms with Crippen molar-refractivity contribution in [3.05, 3.63) is 17.7 Å². The third-order valence-corrected chi connectivity index (χ3v) is 3.42. The molecule has 1 atom stereocenters. The van der Waals surface area contributed by atoms with Crippen LogP contribution >= 0.6 is 0 Å². The molecular formula is C15H18O6. The van der Waals surface area contributed by atoms with Crippen molar-refractivity contribution in [1.82, 2.24) is 0 Å². The highest BCUT2D eigenvalue weighted by molar-refractivity contribution is 5.96. The second kappa shape index (κ2) is 6.47. The molecule has 0 unspecified atom stereocenters. The first-order valence-electron chi connectivity index (χ1n) is 6.64. The zero-order valence-corrected chi connectivity index (χ0v) is 12.3. The molecule has 0 bridgehead atoms. The maximum atomic E-state index is 12.2. The van der Waals surface area contributed by atoms with Gasteiger partial charge in [-0.25, -0.2) is 4.79 Å². The lowest BCUT2D eigenvalue weighted by molar-refractivity contribution is -0.124. The van der Waals surface area contributed by atoms with E-state index < -0.39 is 12.1 Å². The van der Waals surface area contributed by atoms with Gasteiger partial charge < -0.3 is 18.9 Å². The molecule has 0 saturated heterocycles. The number of Topliss-reactive ketones (excluding diaryl/α,β-unsaturated/α-hetero) is 1. The Balaban J connectivity index is 2.28. The molecule has 6 heteroatoms. The standard InChI is InChI=1S/C15H18O6/c1-18-12-8-14(20-3)13(19-2)7-9(12)15(17)21-11-6-4-5-10(11)16/h7-8,11H,4-6H2,1-3H3/t11-/m0/s1. The van der Waals surface area contributed by atoms with Gasteiger partial charge in [0.25, 0.3) is 0 Å². The van der Waals surface area contributed by atoms with Crippen LogP contribution in [0.1, 0.15) is 29.6 Å². The minimum absolute atomic E-state index is 0.0391. The Morgan fingerprint density at radius 3 is 2.19 bits per heavy atom. The third kappa shape index (κ3) is 3.09. The summed E-state index contributed by atoms with van der Waals surface area (Å²) in [5.74, 6) is 0.504. The van der Waals surface area contributed by atoms with Gasteiger partial charge >= 0.3 is 5.97 Å². The van der Waals surface area contributed by atoms with Gasteiger partial charge in [-0.2, -0.15) is 0 Å². The van der Waals surface area contributed by atoms with E-state index in [0.29, 0.717) is 30.1 Å². The SMILES string of the molecule is COc1cc(OC)c(C(=O)O[C@H]2CCCC2=O)cc1OC. The van der Waals surface area contributed by atoms with Crippen molar-refractivity contribution in [3.63, 3.8) is 0 Å². The molecule has 0 amide bonds. The molecule has 0 spiro atoms. The summed E-state index contributed by atoms with van der Waals surface area (Å²) in [7, 11) is 4.41. The predicted octanol–water partition coefficient (Wildman–Crippen LogP) is 1.99. The molecule has 1 aliphatic rings. The van der Waals surface area contributed by atoms with Crippen molar-refractivity contribution in [3.8, 4) is 17.2 Å². The molecule has 1 aromatic rings. The quantitative estimate of drug-likeness (QED) is 0.773. The minimum Gasteiger partial charge on any atom is -0.496 e. The van der Waals surface area contributed by atoms with Crippen molar-refractivity contribution < 1.29 is 28.5 Å². The highest BCUT2D eigenvalue weighted by atomic mass is 16.6. The fourth-order valence-electron chi connectivity index (χ4n) is 2.29. The summed E-state index contributed by atoms with van der Waals surface area (Å²) >= 11 is 0. The van der Waals surface area contributed by atoms with Crippen LogP contribution in [0.5, 0.6) is 17.2 Å². The van der Waals surface area contributed by atoms with Crippen LogP contribution in [0.3, 0.4) is 0 Å². The number of benzene rings is 1. The number of methoxy groups -OCH3 is 3. The van der Waals surface area contributed by atoms with Gasteiger partial charge in [0.15, 0.2) is 23.4 Å². The molecule has 2 rings (SSSR count). The van der Waals surface area contributed by atoms with Crippen molar-refractivity contribution in [2.75, 3.05) is 21.3 Å². The van der Waals surface area contributed by atoms with Crippen LogP contribution in [0, 0.1) is 0 Å². The normalized spacial score (nSPS) is 17.5. The molecule has 0 radical (unpaired) electrons. The van der Waals surface area contributed by atoms with Gasteiger partial charge in [-0.05, 0) is 12.8 Å². The van der Waals surface area contributed by atoms with E-state index in [1.807, 2.05) is 0 Å². The van der Waals surface area contributed by atoms with Crippen LogP contribution in [-0.4, -0.2) is 39.2 Å². The Kier molecular flexibility index (Phi) is 4.67.